The third kappa shape index (κ3) is 4.26. The lowest BCUT2D eigenvalue weighted by Crippen LogP contribution is -2.13. The van der Waals surface area contributed by atoms with E-state index in [1.807, 2.05) is 6.07 Å². The number of nitrogens with zero attached hydrogens (tertiary/aromatic N) is 1. The molecule has 0 saturated carbocycles. The van der Waals surface area contributed by atoms with Crippen molar-refractivity contribution < 1.29 is 19.0 Å². The number of carbonyl (C=O) groups is 1. The summed E-state index contributed by atoms with van der Waals surface area (Å²) in [5, 5.41) is 12.4. The molecule has 0 heterocycles. The van der Waals surface area contributed by atoms with Gasteiger partial charge >= 0.3 is 0 Å². The molecule has 0 aliphatic carbocycles. The molecule has 0 aliphatic rings. The Morgan fingerprint density at radius 1 is 1.12 bits per heavy atom. The molecule has 1 N–H and O–H groups in total. The van der Waals surface area contributed by atoms with Gasteiger partial charge in [0.2, 0.25) is 5.75 Å². The van der Waals surface area contributed by atoms with E-state index < -0.39 is 5.91 Å². The predicted molar refractivity (Wildman–Crippen MR) is 99.8 cm³/mol. The Hall–Kier alpha value is -3.17. The van der Waals surface area contributed by atoms with Crippen molar-refractivity contribution in [1.82, 2.24) is 0 Å². The SMILES string of the molecule is COc1cc(/C=C(\C#N)C(=O)Nc2ccccc2Cl)cc(OC)c1OC. The number of ether oxygens (including phenoxy) is 3. The molecule has 0 unspecified atom stereocenters. The highest BCUT2D eigenvalue weighted by atomic mass is 35.5. The van der Waals surface area contributed by atoms with Gasteiger partial charge in [-0.1, -0.05) is 23.7 Å². The van der Waals surface area contributed by atoms with Crippen LogP contribution in [0.2, 0.25) is 5.02 Å². The van der Waals surface area contributed by atoms with Gasteiger partial charge in [-0.15, -0.1) is 0 Å². The average molecular weight is 373 g/mol. The molecule has 0 spiro atoms. The number of benzene rings is 2. The maximum atomic E-state index is 12.4. The Morgan fingerprint density at radius 2 is 1.73 bits per heavy atom. The van der Waals surface area contributed by atoms with Crippen molar-refractivity contribution in [2.75, 3.05) is 26.6 Å². The first-order valence-electron chi connectivity index (χ1n) is 7.51. The Balaban J connectivity index is 2.38. The van der Waals surface area contributed by atoms with Crippen LogP contribution in [0.1, 0.15) is 5.56 Å². The molecule has 2 aromatic rings. The van der Waals surface area contributed by atoms with E-state index in [1.54, 1.807) is 36.4 Å². The fourth-order valence-electron chi connectivity index (χ4n) is 2.25. The zero-order valence-corrected chi connectivity index (χ0v) is 15.3. The van der Waals surface area contributed by atoms with Crippen molar-refractivity contribution in [1.29, 1.82) is 5.26 Å². The van der Waals surface area contributed by atoms with Crippen LogP contribution in [-0.2, 0) is 4.79 Å². The van der Waals surface area contributed by atoms with Gasteiger partial charge in [0.1, 0.15) is 11.6 Å². The summed E-state index contributed by atoms with van der Waals surface area (Å²) in [4.78, 5) is 12.4. The number of amides is 1. The summed E-state index contributed by atoms with van der Waals surface area (Å²) in [7, 11) is 4.47. The second-order valence-corrected chi connectivity index (χ2v) is 5.47. The van der Waals surface area contributed by atoms with Crippen LogP contribution in [0.5, 0.6) is 17.2 Å². The second-order valence-electron chi connectivity index (χ2n) is 5.06. The van der Waals surface area contributed by atoms with Crippen molar-refractivity contribution >= 4 is 29.3 Å². The molecule has 7 heteroatoms. The second kappa shape index (κ2) is 8.79. The van der Waals surface area contributed by atoms with Gasteiger partial charge in [0.25, 0.3) is 5.91 Å². The molecule has 6 nitrogen and oxygen atoms in total. The van der Waals surface area contributed by atoms with Crippen LogP contribution in [0.15, 0.2) is 42.0 Å². The van der Waals surface area contributed by atoms with Crippen molar-refractivity contribution in [3.05, 3.63) is 52.6 Å². The predicted octanol–water partition coefficient (Wildman–Crippen LogP) is 3.91. The number of nitriles is 1. The number of rotatable bonds is 6. The first-order valence-corrected chi connectivity index (χ1v) is 7.89. The average Bonchev–Trinajstić information content (AvgIpc) is 2.66. The summed E-state index contributed by atoms with van der Waals surface area (Å²) in [6, 6.07) is 11.9. The highest BCUT2D eigenvalue weighted by Gasteiger charge is 2.15. The lowest BCUT2D eigenvalue weighted by atomic mass is 10.1. The minimum absolute atomic E-state index is 0.0980. The van der Waals surface area contributed by atoms with Gasteiger partial charge in [-0.2, -0.15) is 5.26 Å². The van der Waals surface area contributed by atoms with E-state index in [0.29, 0.717) is 33.5 Å². The van der Waals surface area contributed by atoms with Crippen LogP contribution in [0.25, 0.3) is 6.08 Å². The molecule has 1 amide bonds. The first-order chi connectivity index (χ1) is 12.5. The minimum atomic E-state index is -0.575. The molecule has 0 aromatic heterocycles. The van der Waals surface area contributed by atoms with Gasteiger partial charge in [-0.3, -0.25) is 4.79 Å². The Kier molecular flexibility index (Phi) is 6.48. The fraction of sp³-hybridized carbons (Fsp3) is 0.158. The summed E-state index contributed by atoms with van der Waals surface area (Å²) < 4.78 is 15.8. The number of anilines is 1. The van der Waals surface area contributed by atoms with Crippen molar-refractivity contribution in [3.63, 3.8) is 0 Å². The quantitative estimate of drug-likeness (QED) is 0.614. The van der Waals surface area contributed by atoms with E-state index >= 15 is 0 Å². The molecule has 2 aromatic carbocycles. The molecular weight excluding hydrogens is 356 g/mol. The van der Waals surface area contributed by atoms with Gasteiger partial charge in [-0.05, 0) is 35.9 Å². The zero-order chi connectivity index (χ0) is 19.1. The summed E-state index contributed by atoms with van der Waals surface area (Å²) in [5.74, 6) is 0.685. The maximum Gasteiger partial charge on any atom is 0.266 e. The van der Waals surface area contributed by atoms with E-state index in [-0.39, 0.29) is 5.57 Å². The van der Waals surface area contributed by atoms with Gasteiger partial charge in [-0.25, -0.2) is 0 Å². The van der Waals surface area contributed by atoms with Crippen molar-refractivity contribution in [2.24, 2.45) is 0 Å². The third-order valence-corrected chi connectivity index (χ3v) is 3.81. The van der Waals surface area contributed by atoms with Crippen LogP contribution in [0, 0.1) is 11.3 Å². The number of para-hydroxylation sites is 1. The largest absolute Gasteiger partial charge is 0.493 e. The topological polar surface area (TPSA) is 80.6 Å². The molecule has 134 valence electrons. The Labute approximate surface area is 156 Å². The number of hydrogen-bond acceptors (Lipinski definition) is 5. The van der Waals surface area contributed by atoms with Crippen molar-refractivity contribution in [2.45, 2.75) is 0 Å². The highest BCUT2D eigenvalue weighted by molar-refractivity contribution is 6.34. The summed E-state index contributed by atoms with van der Waals surface area (Å²) in [5.41, 5.74) is 0.870. The number of carbonyl (C=O) groups excluding carboxylic acids is 1. The number of halogens is 1. The summed E-state index contributed by atoms with van der Waals surface area (Å²) in [6.45, 7) is 0. The van der Waals surface area contributed by atoms with Gasteiger partial charge in [0.15, 0.2) is 11.5 Å². The highest BCUT2D eigenvalue weighted by Crippen LogP contribution is 2.38. The molecule has 0 fully saturated rings. The van der Waals surface area contributed by atoms with Crippen LogP contribution >= 0.6 is 11.6 Å². The third-order valence-electron chi connectivity index (χ3n) is 3.49. The molecule has 2 rings (SSSR count). The minimum Gasteiger partial charge on any atom is -0.493 e. The van der Waals surface area contributed by atoms with Gasteiger partial charge < -0.3 is 19.5 Å². The van der Waals surface area contributed by atoms with Gasteiger partial charge in [0.05, 0.1) is 32.0 Å². The van der Waals surface area contributed by atoms with E-state index in [9.17, 15) is 10.1 Å². The van der Waals surface area contributed by atoms with Gasteiger partial charge in [0, 0.05) is 0 Å². The van der Waals surface area contributed by atoms with E-state index in [4.69, 9.17) is 25.8 Å². The first kappa shape index (κ1) is 19.2. The number of hydrogen-bond donors (Lipinski definition) is 1. The fourth-order valence-corrected chi connectivity index (χ4v) is 2.44. The number of methoxy groups -OCH3 is 3. The number of nitrogens with one attached hydrogen (secondary N) is 1. The molecule has 0 aliphatic heterocycles. The summed E-state index contributed by atoms with van der Waals surface area (Å²) >= 11 is 6.02. The normalized spacial score (nSPS) is 10.7. The smallest absolute Gasteiger partial charge is 0.266 e. The molecular formula is C19H17ClN2O4. The standard InChI is InChI=1S/C19H17ClN2O4/c1-24-16-9-12(10-17(25-2)18(16)26-3)8-13(11-21)19(23)22-15-7-5-4-6-14(15)20/h4-10H,1-3H3,(H,22,23)/b13-8+. The van der Waals surface area contributed by atoms with E-state index in [2.05, 4.69) is 5.32 Å². The lowest BCUT2D eigenvalue weighted by Gasteiger charge is -2.13. The monoisotopic (exact) mass is 372 g/mol. The van der Waals surface area contributed by atoms with Crippen LogP contribution in [-0.4, -0.2) is 27.2 Å². The Morgan fingerprint density at radius 3 is 2.23 bits per heavy atom. The molecule has 0 atom stereocenters. The molecule has 26 heavy (non-hydrogen) atoms. The van der Waals surface area contributed by atoms with Crippen LogP contribution in [0.4, 0.5) is 5.69 Å². The van der Waals surface area contributed by atoms with Crippen LogP contribution < -0.4 is 19.5 Å². The maximum absolute atomic E-state index is 12.4. The van der Waals surface area contributed by atoms with E-state index in [1.165, 1.54) is 27.4 Å². The Bertz CT molecular complexity index is 862. The molecule has 0 saturated heterocycles. The van der Waals surface area contributed by atoms with Crippen LogP contribution in [0.3, 0.4) is 0 Å². The molecule has 0 bridgehead atoms. The van der Waals surface area contributed by atoms with E-state index in [0.717, 1.165) is 0 Å². The summed E-state index contributed by atoms with van der Waals surface area (Å²) in [6.07, 6.45) is 1.43. The lowest BCUT2D eigenvalue weighted by molar-refractivity contribution is -0.112. The zero-order valence-electron chi connectivity index (χ0n) is 14.5. The van der Waals surface area contributed by atoms with Crippen molar-refractivity contribution in [3.8, 4) is 23.3 Å². The molecule has 0 radical (unpaired) electrons.